The van der Waals surface area contributed by atoms with Crippen molar-refractivity contribution in [3.05, 3.63) is 27.7 Å². The van der Waals surface area contributed by atoms with Gasteiger partial charge in [-0.15, -0.1) is 0 Å². The number of hydrogen-bond donors (Lipinski definition) is 1. The molecule has 1 aromatic heterocycles. The van der Waals surface area contributed by atoms with E-state index in [4.69, 9.17) is 5.73 Å². The van der Waals surface area contributed by atoms with Crippen LogP contribution in [0.1, 0.15) is 37.9 Å². The molecule has 0 saturated heterocycles. The highest BCUT2D eigenvalue weighted by Crippen LogP contribution is 2.16. The smallest absolute Gasteiger partial charge is 0.267 e. The zero-order valence-corrected chi connectivity index (χ0v) is 10.6. The van der Waals surface area contributed by atoms with Crippen molar-refractivity contribution in [2.45, 2.75) is 52.1 Å². The van der Waals surface area contributed by atoms with Gasteiger partial charge < -0.3 is 5.73 Å². The maximum absolute atomic E-state index is 11.9. The van der Waals surface area contributed by atoms with Gasteiger partial charge in [-0.05, 0) is 37.2 Å². The first-order valence-electron chi connectivity index (χ1n) is 6.41. The van der Waals surface area contributed by atoms with E-state index in [0.717, 1.165) is 43.5 Å². The number of aryl methyl sites for hydroxylation is 2. The van der Waals surface area contributed by atoms with Gasteiger partial charge in [0.1, 0.15) is 0 Å². The minimum atomic E-state index is 0.0125. The van der Waals surface area contributed by atoms with Gasteiger partial charge in [-0.1, -0.05) is 13.8 Å². The predicted octanol–water partition coefficient (Wildman–Crippen LogP) is 1.11. The molecule has 0 radical (unpaired) electrons. The topological polar surface area (TPSA) is 60.9 Å². The number of hydrogen-bond acceptors (Lipinski definition) is 3. The summed E-state index contributed by atoms with van der Waals surface area (Å²) in [5, 5.41) is 4.47. The first kappa shape index (κ1) is 12.3. The van der Waals surface area contributed by atoms with Gasteiger partial charge in [0.2, 0.25) is 0 Å². The molecule has 0 saturated carbocycles. The normalized spacial score (nSPS) is 19.4. The predicted molar refractivity (Wildman–Crippen MR) is 68.0 cm³/mol. The zero-order chi connectivity index (χ0) is 12.4. The van der Waals surface area contributed by atoms with Crippen molar-refractivity contribution in [3.8, 4) is 0 Å². The molecule has 1 aliphatic carbocycles. The fourth-order valence-corrected chi connectivity index (χ4v) is 2.20. The lowest BCUT2D eigenvalue weighted by Gasteiger charge is -2.21. The van der Waals surface area contributed by atoms with Crippen LogP contribution in [0.25, 0.3) is 0 Å². The molecule has 1 aromatic rings. The van der Waals surface area contributed by atoms with Gasteiger partial charge in [0, 0.05) is 18.7 Å². The van der Waals surface area contributed by atoms with Crippen molar-refractivity contribution in [3.63, 3.8) is 0 Å². The molecule has 0 fully saturated rings. The average Bonchev–Trinajstić information content (AvgIpc) is 2.26. The Kier molecular flexibility index (Phi) is 3.62. The molecule has 0 bridgehead atoms. The summed E-state index contributed by atoms with van der Waals surface area (Å²) in [5.41, 5.74) is 8.03. The number of nitrogens with two attached hydrogens (primary N) is 1. The van der Waals surface area contributed by atoms with Crippen LogP contribution in [-0.4, -0.2) is 15.8 Å². The molecule has 17 heavy (non-hydrogen) atoms. The Bertz CT molecular complexity index is 450. The minimum absolute atomic E-state index is 0.0125. The highest BCUT2D eigenvalue weighted by molar-refractivity contribution is 5.22. The fourth-order valence-electron chi connectivity index (χ4n) is 2.20. The maximum Gasteiger partial charge on any atom is 0.267 e. The van der Waals surface area contributed by atoms with E-state index in [-0.39, 0.29) is 11.6 Å². The third kappa shape index (κ3) is 2.94. The summed E-state index contributed by atoms with van der Waals surface area (Å²) in [4.78, 5) is 11.9. The monoisotopic (exact) mass is 235 g/mol. The van der Waals surface area contributed by atoms with Gasteiger partial charge in [0.25, 0.3) is 5.56 Å². The lowest BCUT2D eigenvalue weighted by molar-refractivity contribution is 0.455. The minimum Gasteiger partial charge on any atom is -0.327 e. The van der Waals surface area contributed by atoms with Gasteiger partial charge in [0.15, 0.2) is 0 Å². The molecule has 0 aromatic carbocycles. The van der Waals surface area contributed by atoms with Crippen molar-refractivity contribution < 1.29 is 0 Å². The van der Waals surface area contributed by atoms with E-state index in [1.165, 1.54) is 0 Å². The molecule has 2 rings (SSSR count). The standard InChI is InChI=1S/C13H21N3O/c1-9(2)5-6-16-13(17)8-10-7-11(14)3-4-12(10)15-16/h8-9,11H,3-7,14H2,1-2H3/t11-/m0/s1. The largest absolute Gasteiger partial charge is 0.327 e. The Balaban J connectivity index is 2.22. The molecule has 0 unspecified atom stereocenters. The maximum atomic E-state index is 11.9. The Labute approximate surface area is 102 Å². The molecule has 94 valence electrons. The summed E-state index contributed by atoms with van der Waals surface area (Å²) in [6.07, 6.45) is 3.66. The Morgan fingerprint density at radius 1 is 1.59 bits per heavy atom. The average molecular weight is 235 g/mol. The Morgan fingerprint density at radius 2 is 2.35 bits per heavy atom. The quantitative estimate of drug-likeness (QED) is 0.853. The van der Waals surface area contributed by atoms with Crippen LogP contribution in [0.3, 0.4) is 0 Å². The zero-order valence-electron chi connectivity index (χ0n) is 10.6. The number of rotatable bonds is 3. The molecule has 0 amide bonds. The third-order valence-corrected chi connectivity index (χ3v) is 3.32. The summed E-state index contributed by atoms with van der Waals surface area (Å²) in [6, 6.07) is 1.91. The second-order valence-corrected chi connectivity index (χ2v) is 5.36. The van der Waals surface area contributed by atoms with Crippen molar-refractivity contribution in [2.24, 2.45) is 11.7 Å². The second kappa shape index (κ2) is 5.00. The summed E-state index contributed by atoms with van der Waals surface area (Å²) in [5.74, 6) is 0.591. The third-order valence-electron chi connectivity index (χ3n) is 3.32. The fraction of sp³-hybridized carbons (Fsp3) is 0.692. The van der Waals surface area contributed by atoms with Crippen LogP contribution in [0.15, 0.2) is 10.9 Å². The first-order chi connectivity index (χ1) is 8.06. The summed E-state index contributed by atoms with van der Waals surface area (Å²) >= 11 is 0. The van der Waals surface area contributed by atoms with Crippen LogP contribution in [0.4, 0.5) is 0 Å². The van der Waals surface area contributed by atoms with Gasteiger partial charge >= 0.3 is 0 Å². The van der Waals surface area contributed by atoms with E-state index < -0.39 is 0 Å². The molecule has 1 aliphatic rings. The second-order valence-electron chi connectivity index (χ2n) is 5.36. The summed E-state index contributed by atoms with van der Waals surface area (Å²) < 4.78 is 1.61. The molecule has 0 aliphatic heterocycles. The van der Waals surface area contributed by atoms with E-state index >= 15 is 0 Å². The Morgan fingerprint density at radius 3 is 3.06 bits per heavy atom. The molecule has 0 spiro atoms. The molecule has 1 atom stereocenters. The molecule has 1 heterocycles. The molecular weight excluding hydrogens is 214 g/mol. The van der Waals surface area contributed by atoms with Crippen LogP contribution < -0.4 is 11.3 Å². The highest BCUT2D eigenvalue weighted by atomic mass is 16.1. The van der Waals surface area contributed by atoms with Gasteiger partial charge in [-0.3, -0.25) is 4.79 Å². The number of aromatic nitrogens is 2. The first-order valence-corrected chi connectivity index (χ1v) is 6.41. The lowest BCUT2D eigenvalue weighted by atomic mass is 9.93. The van der Waals surface area contributed by atoms with Crippen molar-refractivity contribution >= 4 is 0 Å². The van der Waals surface area contributed by atoms with Crippen LogP contribution in [-0.2, 0) is 19.4 Å². The van der Waals surface area contributed by atoms with Crippen molar-refractivity contribution in [1.82, 2.24) is 9.78 Å². The van der Waals surface area contributed by atoms with Crippen molar-refractivity contribution in [1.29, 1.82) is 0 Å². The van der Waals surface area contributed by atoms with Gasteiger partial charge in [-0.2, -0.15) is 5.10 Å². The SMILES string of the molecule is CC(C)CCn1nc2c(cc1=O)C[C@@H](N)CC2. The molecule has 4 heteroatoms. The summed E-state index contributed by atoms with van der Waals surface area (Å²) in [7, 11) is 0. The Hall–Kier alpha value is -1.16. The van der Waals surface area contributed by atoms with E-state index in [9.17, 15) is 4.79 Å². The number of fused-ring (bicyclic) bond motifs is 1. The summed E-state index contributed by atoms with van der Waals surface area (Å²) in [6.45, 7) is 5.03. The van der Waals surface area contributed by atoms with E-state index in [1.807, 2.05) is 0 Å². The van der Waals surface area contributed by atoms with E-state index in [0.29, 0.717) is 5.92 Å². The van der Waals surface area contributed by atoms with E-state index in [1.54, 1.807) is 10.7 Å². The molecular formula is C13H21N3O. The van der Waals surface area contributed by atoms with E-state index in [2.05, 4.69) is 18.9 Å². The van der Waals surface area contributed by atoms with Crippen molar-refractivity contribution in [2.75, 3.05) is 0 Å². The van der Waals surface area contributed by atoms with Crippen LogP contribution in [0.2, 0.25) is 0 Å². The number of nitrogens with zero attached hydrogens (tertiary/aromatic N) is 2. The van der Waals surface area contributed by atoms with Crippen LogP contribution in [0, 0.1) is 5.92 Å². The van der Waals surface area contributed by atoms with Gasteiger partial charge in [0.05, 0.1) is 5.69 Å². The van der Waals surface area contributed by atoms with Gasteiger partial charge in [-0.25, -0.2) is 4.68 Å². The molecule has 4 nitrogen and oxygen atoms in total. The highest BCUT2D eigenvalue weighted by Gasteiger charge is 2.18. The van der Waals surface area contributed by atoms with Crippen LogP contribution in [0.5, 0.6) is 0 Å². The van der Waals surface area contributed by atoms with Crippen LogP contribution >= 0.6 is 0 Å². The lowest BCUT2D eigenvalue weighted by Crippen LogP contribution is -2.33. The molecule has 2 N–H and O–H groups in total.